The molecule has 0 unspecified atom stereocenters. The van der Waals surface area contributed by atoms with Crippen LogP contribution in [0.4, 0.5) is 5.13 Å². The first kappa shape index (κ1) is 11.8. The van der Waals surface area contributed by atoms with Crippen molar-refractivity contribution in [1.29, 1.82) is 0 Å². The third kappa shape index (κ3) is 2.52. The highest BCUT2D eigenvalue weighted by Gasteiger charge is 2.39. The van der Waals surface area contributed by atoms with Gasteiger partial charge in [0.05, 0.1) is 0 Å². The van der Waals surface area contributed by atoms with Crippen molar-refractivity contribution in [1.82, 2.24) is 15.5 Å². The second-order valence-corrected chi connectivity index (χ2v) is 7.02. The van der Waals surface area contributed by atoms with Gasteiger partial charge in [0.2, 0.25) is 5.13 Å². The van der Waals surface area contributed by atoms with Crippen LogP contribution in [0.1, 0.15) is 51.5 Å². The molecule has 0 aliphatic carbocycles. The van der Waals surface area contributed by atoms with E-state index in [9.17, 15) is 0 Å². The van der Waals surface area contributed by atoms with E-state index in [4.69, 9.17) is 5.73 Å². The molecule has 1 fully saturated rings. The lowest BCUT2D eigenvalue weighted by Crippen LogP contribution is -2.57. The lowest BCUT2D eigenvalue weighted by atomic mass is 9.76. The average molecular weight is 240 g/mol. The molecule has 0 bridgehead atoms. The van der Waals surface area contributed by atoms with Crippen molar-refractivity contribution in [2.45, 2.75) is 57.5 Å². The summed E-state index contributed by atoms with van der Waals surface area (Å²) in [6, 6.07) is 0. The Morgan fingerprint density at radius 1 is 1.19 bits per heavy atom. The van der Waals surface area contributed by atoms with Gasteiger partial charge in [0.1, 0.15) is 5.01 Å². The second-order valence-electron chi connectivity index (χ2n) is 5.98. The van der Waals surface area contributed by atoms with Gasteiger partial charge >= 0.3 is 0 Å². The summed E-state index contributed by atoms with van der Waals surface area (Å²) in [4.78, 5) is 0. The number of hydrogen-bond acceptors (Lipinski definition) is 5. The van der Waals surface area contributed by atoms with Crippen molar-refractivity contribution >= 4 is 16.5 Å². The first-order valence-corrected chi connectivity index (χ1v) is 6.47. The maximum Gasteiger partial charge on any atom is 0.203 e. The molecule has 1 aromatic rings. The maximum absolute atomic E-state index is 5.65. The zero-order valence-corrected chi connectivity index (χ0v) is 11.2. The van der Waals surface area contributed by atoms with E-state index >= 15 is 0 Å². The Bertz CT molecular complexity index is 367. The molecular formula is C11H20N4S. The van der Waals surface area contributed by atoms with Gasteiger partial charge in [-0.2, -0.15) is 0 Å². The standard InChI is InChI=1S/C11H20N4S/c1-10(2)5-7(6-11(3,4)15-10)8-13-14-9(12)16-8/h7,15H,5-6H2,1-4H3,(H2,12,14). The Balaban J connectivity index is 2.22. The molecule has 16 heavy (non-hydrogen) atoms. The molecule has 0 atom stereocenters. The van der Waals surface area contributed by atoms with Crippen molar-refractivity contribution in [3.8, 4) is 0 Å². The summed E-state index contributed by atoms with van der Waals surface area (Å²) in [6.45, 7) is 8.97. The van der Waals surface area contributed by atoms with Crippen LogP contribution in [0.3, 0.4) is 0 Å². The van der Waals surface area contributed by atoms with Crippen molar-refractivity contribution in [2.24, 2.45) is 0 Å². The SMILES string of the molecule is CC1(C)CC(c2nnc(N)s2)CC(C)(C)N1. The van der Waals surface area contributed by atoms with E-state index in [1.807, 2.05) is 0 Å². The number of hydrogen-bond donors (Lipinski definition) is 2. The fraction of sp³-hybridized carbons (Fsp3) is 0.818. The van der Waals surface area contributed by atoms with Gasteiger partial charge in [-0.25, -0.2) is 0 Å². The van der Waals surface area contributed by atoms with Crippen LogP contribution < -0.4 is 11.1 Å². The van der Waals surface area contributed by atoms with E-state index in [1.54, 1.807) is 0 Å². The van der Waals surface area contributed by atoms with Gasteiger partial charge in [-0.15, -0.1) is 10.2 Å². The summed E-state index contributed by atoms with van der Waals surface area (Å²) in [5.41, 5.74) is 5.94. The minimum absolute atomic E-state index is 0.146. The van der Waals surface area contributed by atoms with Crippen molar-refractivity contribution in [3.63, 3.8) is 0 Å². The Hall–Kier alpha value is -0.680. The molecule has 0 amide bonds. The van der Waals surface area contributed by atoms with Crippen molar-refractivity contribution in [2.75, 3.05) is 5.73 Å². The smallest absolute Gasteiger partial charge is 0.203 e. The van der Waals surface area contributed by atoms with Gasteiger partial charge in [-0.05, 0) is 40.5 Å². The Morgan fingerprint density at radius 3 is 2.19 bits per heavy atom. The van der Waals surface area contributed by atoms with E-state index in [0.29, 0.717) is 11.0 Å². The third-order valence-electron chi connectivity index (χ3n) is 3.00. The molecule has 0 spiro atoms. The molecule has 1 aliphatic heterocycles. The normalized spacial score (nSPS) is 24.5. The van der Waals surface area contributed by atoms with Crippen LogP contribution >= 0.6 is 11.3 Å². The molecule has 4 nitrogen and oxygen atoms in total. The first-order valence-electron chi connectivity index (χ1n) is 5.66. The van der Waals surface area contributed by atoms with E-state index in [-0.39, 0.29) is 11.1 Å². The molecule has 3 N–H and O–H groups in total. The number of nitrogens with two attached hydrogens (primary N) is 1. The number of nitrogen functional groups attached to an aromatic ring is 1. The fourth-order valence-electron chi connectivity index (χ4n) is 2.91. The predicted molar refractivity (Wildman–Crippen MR) is 67.6 cm³/mol. The molecule has 2 heterocycles. The fourth-order valence-corrected chi connectivity index (χ4v) is 3.62. The molecule has 0 saturated carbocycles. The molecule has 2 rings (SSSR count). The quantitative estimate of drug-likeness (QED) is 0.789. The molecule has 90 valence electrons. The summed E-state index contributed by atoms with van der Waals surface area (Å²) in [5.74, 6) is 0.473. The number of nitrogens with zero attached hydrogens (tertiary/aromatic N) is 2. The Morgan fingerprint density at radius 2 is 1.75 bits per heavy atom. The van der Waals surface area contributed by atoms with Crippen molar-refractivity contribution < 1.29 is 0 Å². The molecule has 0 radical (unpaired) electrons. The zero-order valence-electron chi connectivity index (χ0n) is 10.4. The summed E-state index contributed by atoms with van der Waals surface area (Å²) in [6.07, 6.45) is 2.18. The average Bonchev–Trinajstić information content (AvgIpc) is 2.45. The summed E-state index contributed by atoms with van der Waals surface area (Å²) < 4.78 is 0. The predicted octanol–water partition coefficient (Wildman–Crippen LogP) is 2.14. The molecule has 1 saturated heterocycles. The molecule has 1 aromatic heterocycles. The van der Waals surface area contributed by atoms with Crippen LogP contribution in [0.25, 0.3) is 0 Å². The van der Waals surface area contributed by atoms with Gasteiger partial charge in [-0.3, -0.25) is 0 Å². The second kappa shape index (κ2) is 3.67. The summed E-state index contributed by atoms with van der Waals surface area (Å²) in [5, 5.41) is 13.4. The maximum atomic E-state index is 5.65. The molecule has 5 heteroatoms. The number of rotatable bonds is 1. The number of nitrogens with one attached hydrogen (secondary N) is 1. The van der Waals surface area contributed by atoms with E-state index in [1.165, 1.54) is 11.3 Å². The van der Waals surface area contributed by atoms with Crippen LogP contribution in [0, 0.1) is 0 Å². The van der Waals surface area contributed by atoms with Gasteiger partial charge < -0.3 is 11.1 Å². The van der Waals surface area contributed by atoms with Gasteiger partial charge in [0, 0.05) is 17.0 Å². The van der Waals surface area contributed by atoms with Crippen molar-refractivity contribution in [3.05, 3.63) is 5.01 Å². The molecular weight excluding hydrogens is 220 g/mol. The highest BCUT2D eigenvalue weighted by Crippen LogP contribution is 2.40. The van der Waals surface area contributed by atoms with Crippen LogP contribution in [0.5, 0.6) is 0 Å². The van der Waals surface area contributed by atoms with E-state index < -0.39 is 0 Å². The van der Waals surface area contributed by atoms with Crippen LogP contribution in [0.2, 0.25) is 0 Å². The van der Waals surface area contributed by atoms with Crippen LogP contribution in [-0.4, -0.2) is 21.3 Å². The Labute approximate surface area is 101 Å². The highest BCUT2D eigenvalue weighted by molar-refractivity contribution is 7.15. The molecule has 1 aliphatic rings. The highest BCUT2D eigenvalue weighted by atomic mass is 32.1. The minimum atomic E-state index is 0.146. The number of piperidine rings is 1. The van der Waals surface area contributed by atoms with Gasteiger partial charge in [0.15, 0.2) is 0 Å². The van der Waals surface area contributed by atoms with E-state index in [2.05, 4.69) is 43.2 Å². The monoisotopic (exact) mass is 240 g/mol. The summed E-state index contributed by atoms with van der Waals surface area (Å²) >= 11 is 1.52. The van der Waals surface area contributed by atoms with E-state index in [0.717, 1.165) is 17.8 Å². The number of aromatic nitrogens is 2. The lowest BCUT2D eigenvalue weighted by Gasteiger charge is -2.45. The number of anilines is 1. The third-order valence-corrected chi connectivity index (χ3v) is 3.91. The minimum Gasteiger partial charge on any atom is -0.374 e. The topological polar surface area (TPSA) is 63.8 Å². The van der Waals surface area contributed by atoms with Gasteiger partial charge in [0.25, 0.3) is 0 Å². The first-order chi connectivity index (χ1) is 7.27. The Kier molecular flexibility index (Phi) is 2.70. The lowest BCUT2D eigenvalue weighted by molar-refractivity contribution is 0.161. The van der Waals surface area contributed by atoms with Crippen LogP contribution in [0.15, 0.2) is 0 Å². The van der Waals surface area contributed by atoms with Gasteiger partial charge in [-0.1, -0.05) is 11.3 Å². The zero-order chi connectivity index (χ0) is 12.0. The molecule has 0 aromatic carbocycles. The van der Waals surface area contributed by atoms with Crippen LogP contribution in [-0.2, 0) is 0 Å². The largest absolute Gasteiger partial charge is 0.374 e. The summed E-state index contributed by atoms with van der Waals surface area (Å²) in [7, 11) is 0.